The molecule has 18 valence electrons. The third kappa shape index (κ3) is 17.8. The van der Waals surface area contributed by atoms with Crippen molar-refractivity contribution < 1.29 is 4.70 Å². The van der Waals surface area contributed by atoms with Gasteiger partial charge in [-0.3, -0.25) is 4.70 Å². The van der Waals surface area contributed by atoms with Gasteiger partial charge < -0.3 is 0 Å². The molecule has 0 atom stereocenters. The number of hydrogen-bond acceptors (Lipinski definition) is 0. The van der Waals surface area contributed by atoms with Gasteiger partial charge in [-0.15, -0.1) is 0 Å². The fourth-order valence-corrected chi connectivity index (χ4v) is 0. The van der Waals surface area contributed by atoms with Crippen molar-refractivity contribution in [2.24, 2.45) is 0 Å². The van der Waals surface area contributed by atoms with Gasteiger partial charge in [-0.2, -0.15) is 0 Å². The van der Waals surface area contributed by atoms with E-state index in [1.54, 1.807) is 0 Å². The Morgan fingerprint density at radius 2 is 1.00 bits per heavy atom. The summed E-state index contributed by atoms with van der Waals surface area (Å²) in [7, 11) is 0. The normalized spacial score (nSPS) is 0. The van der Waals surface area contributed by atoms with E-state index in [1.807, 2.05) is 0 Å². The van der Waals surface area contributed by atoms with Crippen molar-refractivity contribution in [2.75, 3.05) is 0 Å². The Labute approximate surface area is 138 Å². The molecular weight excluding hydrogens is 128 g/mol. The summed E-state index contributed by atoms with van der Waals surface area (Å²) in [4.78, 5) is 0. The molecule has 0 aliphatic carbocycles. The van der Waals surface area contributed by atoms with Gasteiger partial charge in [-0.1, -0.05) is 0 Å². The van der Waals surface area contributed by atoms with Crippen LogP contribution in [-0.4, -0.2) is 138 Å². The van der Waals surface area contributed by atoms with Crippen LogP contribution in [0.25, 0.3) is 0 Å². The minimum absolute atomic E-state index is 0. The topological polar surface area (TPSA) is 0 Å². The van der Waals surface area contributed by atoms with E-state index in [4.69, 9.17) is 0 Å². The van der Waals surface area contributed by atoms with Crippen LogP contribution in [0.15, 0.2) is 0 Å². The number of hydrogen-bond donors (Lipinski definition) is 0. The van der Waals surface area contributed by atoms with Crippen LogP contribution in [0.1, 0.15) is 0 Å². The predicted octanol–water partition coefficient (Wildman–Crippen LogP) is -2.71. The molecule has 0 unspecified atom stereocenters. The Bertz CT molecular complexity index is 11.6. The molecule has 5 heavy (non-hydrogen) atoms. The van der Waals surface area contributed by atoms with Crippen molar-refractivity contribution in [2.45, 2.75) is 0 Å². The van der Waals surface area contributed by atoms with Gasteiger partial charge >= 0.3 is 138 Å². The van der Waals surface area contributed by atoms with E-state index < -0.39 is 0 Å². The molecule has 0 bridgehead atoms. The molecule has 0 radical (unpaired) electrons. The van der Waals surface area contributed by atoms with Crippen molar-refractivity contribution in [3.05, 3.63) is 0 Å². The first-order valence-corrected chi connectivity index (χ1v) is 0. The van der Waals surface area contributed by atoms with Gasteiger partial charge in [0.25, 0.3) is 0 Å². The van der Waals surface area contributed by atoms with Crippen molar-refractivity contribution in [3.63, 3.8) is 0 Å². The Morgan fingerprint density at radius 3 is 1.00 bits per heavy atom. The quantitative estimate of drug-likeness (QED) is 0.316. The van der Waals surface area contributed by atoms with Crippen LogP contribution in [0.2, 0.25) is 0 Å². The van der Waals surface area contributed by atoms with E-state index in [0.29, 0.717) is 0 Å². The molecule has 0 amide bonds. The molecular formula is H6CaFKLiNa. The summed E-state index contributed by atoms with van der Waals surface area (Å²) in [5.41, 5.74) is 0. The molecule has 0 aliphatic rings. The van der Waals surface area contributed by atoms with Gasteiger partial charge in [-0.25, -0.2) is 0 Å². The molecule has 0 spiro atoms. The summed E-state index contributed by atoms with van der Waals surface area (Å²) in [5.74, 6) is 0. The Morgan fingerprint density at radius 1 is 1.00 bits per heavy atom. The molecule has 0 aliphatic heterocycles. The molecule has 0 aromatic rings. The van der Waals surface area contributed by atoms with Gasteiger partial charge in [0.1, 0.15) is 0 Å². The summed E-state index contributed by atoms with van der Waals surface area (Å²) >= 11 is 0. The first-order valence-electron chi connectivity index (χ1n) is 0. The minimum atomic E-state index is 0. The summed E-state index contributed by atoms with van der Waals surface area (Å²) < 4.78 is 0. The Balaban J connectivity index is 0. The molecule has 0 heterocycles. The monoisotopic (exact) mass is 134 g/mol. The average Bonchev–Trinajstić information content (AvgIpc) is 0. The zero-order valence-electron chi connectivity index (χ0n) is 0.408. The maximum absolute atomic E-state index is 0. The first-order chi connectivity index (χ1) is 0. The second-order valence-electron chi connectivity index (χ2n) is 0. The standard InChI is InChI=1S/Ca.FH.K.Li.Na.5H/h;1H;;;;;;;;. The van der Waals surface area contributed by atoms with Crippen LogP contribution in [0.4, 0.5) is 4.70 Å². The summed E-state index contributed by atoms with van der Waals surface area (Å²) in [6, 6.07) is 0. The fourth-order valence-electron chi connectivity index (χ4n) is 0. The molecule has 0 rings (SSSR count). The van der Waals surface area contributed by atoms with Crippen LogP contribution in [0.3, 0.4) is 0 Å². The second-order valence-corrected chi connectivity index (χ2v) is 0. The third-order valence-electron chi connectivity index (χ3n) is 0. The van der Waals surface area contributed by atoms with Crippen LogP contribution in [0.5, 0.6) is 0 Å². The molecule has 0 aromatic carbocycles. The van der Waals surface area contributed by atoms with E-state index in [2.05, 4.69) is 0 Å². The van der Waals surface area contributed by atoms with Crippen LogP contribution in [0, 0.1) is 0 Å². The molecule has 0 saturated carbocycles. The van der Waals surface area contributed by atoms with E-state index in [1.165, 1.54) is 0 Å². The summed E-state index contributed by atoms with van der Waals surface area (Å²) in [6.45, 7) is 0. The maximum atomic E-state index is 0. The van der Waals surface area contributed by atoms with Crippen molar-refractivity contribution in [3.8, 4) is 0 Å². The Hall–Kier alpha value is 4.42. The van der Waals surface area contributed by atoms with Gasteiger partial charge in [0, 0.05) is 0 Å². The number of rotatable bonds is 0. The van der Waals surface area contributed by atoms with Crippen molar-refractivity contribution in [1.29, 1.82) is 0 Å². The molecule has 0 nitrogen and oxygen atoms in total. The van der Waals surface area contributed by atoms with E-state index in [9.17, 15) is 0 Å². The molecule has 5 heteroatoms. The van der Waals surface area contributed by atoms with Crippen molar-refractivity contribution >= 4 is 138 Å². The molecule has 0 N–H and O–H groups in total. The first kappa shape index (κ1) is 34.2. The van der Waals surface area contributed by atoms with Gasteiger partial charge in [0.05, 0.1) is 0 Å². The zero-order chi connectivity index (χ0) is 0. The number of halogens is 1. The van der Waals surface area contributed by atoms with Crippen LogP contribution >= 0.6 is 0 Å². The third-order valence-corrected chi connectivity index (χ3v) is 0. The van der Waals surface area contributed by atoms with E-state index in [0.717, 1.165) is 0 Å². The molecule has 0 fully saturated rings. The van der Waals surface area contributed by atoms with Crippen LogP contribution < -0.4 is 0 Å². The van der Waals surface area contributed by atoms with E-state index in [-0.39, 0.29) is 142 Å². The average molecular weight is 134 g/mol. The van der Waals surface area contributed by atoms with E-state index >= 15 is 0 Å². The molecule has 0 aromatic heterocycles. The fraction of sp³-hybridized carbons (Fsp3) is 0. The SMILES string of the molecule is F.[CaH2].[KH].[LiH].[NaH]. The van der Waals surface area contributed by atoms with Crippen molar-refractivity contribution in [1.82, 2.24) is 0 Å². The molecule has 0 saturated heterocycles. The predicted molar refractivity (Wildman–Crippen MR) is 32.5 cm³/mol. The summed E-state index contributed by atoms with van der Waals surface area (Å²) in [5, 5.41) is 0. The second kappa shape index (κ2) is 23.7. The van der Waals surface area contributed by atoms with Gasteiger partial charge in [0.15, 0.2) is 0 Å². The van der Waals surface area contributed by atoms with Crippen LogP contribution in [-0.2, 0) is 0 Å². The van der Waals surface area contributed by atoms with Gasteiger partial charge in [0.2, 0.25) is 0 Å². The zero-order valence-corrected chi connectivity index (χ0v) is 0.408. The Kier molecular flexibility index (Phi) is 162. The van der Waals surface area contributed by atoms with Gasteiger partial charge in [-0.05, 0) is 0 Å². The summed E-state index contributed by atoms with van der Waals surface area (Å²) in [6.07, 6.45) is 0.